The molecule has 0 atom stereocenters. The molecule has 86 valence electrons. The summed E-state index contributed by atoms with van der Waals surface area (Å²) < 4.78 is 58.8. The Labute approximate surface area is 110 Å². The summed E-state index contributed by atoms with van der Waals surface area (Å²) in [4.78, 5) is 0. The largest absolute Gasteiger partial charge is 1.00 e. The number of rotatable bonds is 6. The summed E-state index contributed by atoms with van der Waals surface area (Å²) in [6.45, 7) is -0.963. The van der Waals surface area contributed by atoms with Crippen LogP contribution in [-0.2, 0) is 20.2 Å². The van der Waals surface area contributed by atoms with Crippen molar-refractivity contribution in [2.45, 2.75) is 0 Å². The molecule has 15 heavy (non-hydrogen) atoms. The maximum atomic E-state index is 10.2. The summed E-state index contributed by atoms with van der Waals surface area (Å²) >= 11 is 0. The first-order valence-corrected chi connectivity index (χ1v) is 6.61. The Morgan fingerprint density at radius 2 is 1.47 bits per heavy atom. The van der Waals surface area contributed by atoms with Gasteiger partial charge in [0.1, 0.15) is 0 Å². The van der Waals surface area contributed by atoms with Crippen LogP contribution >= 0.6 is 0 Å². The van der Waals surface area contributed by atoms with Crippen LogP contribution in [0.2, 0.25) is 0 Å². The van der Waals surface area contributed by atoms with Gasteiger partial charge in [0.15, 0.2) is 0 Å². The van der Waals surface area contributed by atoms with Crippen LogP contribution in [0.15, 0.2) is 0 Å². The average Bonchev–Trinajstić information content (AvgIpc) is 1.94. The molecule has 0 bridgehead atoms. The maximum Gasteiger partial charge on any atom is 1.00 e. The fourth-order valence-electron chi connectivity index (χ4n) is 0.550. The molecule has 0 aliphatic carbocycles. The smallest absolute Gasteiger partial charge is 0.748 e. The summed E-state index contributed by atoms with van der Waals surface area (Å²) in [5.41, 5.74) is 0. The van der Waals surface area contributed by atoms with Crippen LogP contribution in [-0.4, -0.2) is 60.8 Å². The van der Waals surface area contributed by atoms with Gasteiger partial charge < -0.3 is 9.76 Å². The second-order valence-corrected chi connectivity index (χ2v) is 5.60. The van der Waals surface area contributed by atoms with E-state index in [-0.39, 0.29) is 29.6 Å². The molecule has 0 fully saturated rings. The average molecular weight is 271 g/mol. The molecule has 0 amide bonds. The van der Waals surface area contributed by atoms with Gasteiger partial charge in [-0.3, -0.25) is 4.55 Å². The molecule has 0 heterocycles. The molecule has 11 heteroatoms. The number of hydroxylamine groups is 2. The quantitative estimate of drug-likeness (QED) is 0.279. The zero-order valence-electron chi connectivity index (χ0n) is 8.03. The third-order valence-corrected chi connectivity index (χ3v) is 2.59. The molecular formula is C4H10NNaO7S2. The van der Waals surface area contributed by atoms with E-state index in [4.69, 9.17) is 9.76 Å². The van der Waals surface area contributed by atoms with Crippen molar-refractivity contribution in [3.63, 3.8) is 0 Å². The minimum absolute atomic E-state index is 0. The van der Waals surface area contributed by atoms with E-state index in [1.54, 1.807) is 0 Å². The van der Waals surface area contributed by atoms with Gasteiger partial charge in [-0.2, -0.15) is 13.5 Å². The van der Waals surface area contributed by atoms with E-state index in [1.165, 1.54) is 0 Å². The Morgan fingerprint density at radius 1 is 1.07 bits per heavy atom. The van der Waals surface area contributed by atoms with Crippen molar-refractivity contribution in [3.05, 3.63) is 0 Å². The molecule has 0 aromatic rings. The minimum atomic E-state index is -4.44. The van der Waals surface area contributed by atoms with Gasteiger partial charge in [-0.1, -0.05) is 0 Å². The minimum Gasteiger partial charge on any atom is -0.748 e. The predicted octanol–water partition coefficient (Wildman–Crippen LogP) is -4.89. The molecule has 0 aliphatic heterocycles. The van der Waals surface area contributed by atoms with Crippen molar-refractivity contribution in [1.29, 1.82) is 0 Å². The Balaban J connectivity index is 0. The topological polar surface area (TPSA) is 135 Å². The zero-order valence-corrected chi connectivity index (χ0v) is 11.7. The van der Waals surface area contributed by atoms with Crippen LogP contribution in [0.25, 0.3) is 0 Å². The van der Waals surface area contributed by atoms with Crippen LogP contribution in [0.4, 0.5) is 0 Å². The summed E-state index contributed by atoms with van der Waals surface area (Å²) in [5.74, 6) is -1.56. The van der Waals surface area contributed by atoms with Gasteiger partial charge in [0.2, 0.25) is 0 Å². The summed E-state index contributed by atoms with van der Waals surface area (Å²) in [6.07, 6.45) is 0. The van der Waals surface area contributed by atoms with E-state index in [2.05, 4.69) is 0 Å². The molecule has 0 aliphatic rings. The Hall–Kier alpha value is 0.740. The van der Waals surface area contributed by atoms with E-state index >= 15 is 0 Å². The van der Waals surface area contributed by atoms with Crippen molar-refractivity contribution in [2.75, 3.05) is 24.6 Å². The van der Waals surface area contributed by atoms with Crippen molar-refractivity contribution >= 4 is 20.2 Å². The first-order valence-electron chi connectivity index (χ1n) is 3.43. The van der Waals surface area contributed by atoms with Crippen LogP contribution in [0, 0.1) is 0 Å². The van der Waals surface area contributed by atoms with Crippen molar-refractivity contribution in [3.8, 4) is 0 Å². The van der Waals surface area contributed by atoms with Gasteiger partial charge >= 0.3 is 29.6 Å². The Bertz CT molecular complexity index is 326. The molecule has 8 nitrogen and oxygen atoms in total. The molecule has 0 saturated heterocycles. The molecule has 0 radical (unpaired) electrons. The van der Waals surface area contributed by atoms with Crippen LogP contribution < -0.4 is 29.6 Å². The van der Waals surface area contributed by atoms with E-state index in [9.17, 15) is 21.4 Å². The van der Waals surface area contributed by atoms with Crippen molar-refractivity contribution < 1.29 is 60.7 Å². The molecule has 0 saturated carbocycles. The molecule has 0 rings (SSSR count). The third kappa shape index (κ3) is 14.7. The number of hydrogen-bond acceptors (Lipinski definition) is 7. The Kier molecular flexibility index (Phi) is 8.62. The van der Waals surface area contributed by atoms with Gasteiger partial charge in [0.25, 0.3) is 10.1 Å². The van der Waals surface area contributed by atoms with Crippen molar-refractivity contribution in [2.24, 2.45) is 0 Å². The summed E-state index contributed by atoms with van der Waals surface area (Å²) in [6, 6.07) is 0. The fourth-order valence-corrected chi connectivity index (χ4v) is 1.43. The summed E-state index contributed by atoms with van der Waals surface area (Å²) in [5, 5.41) is 9.17. The van der Waals surface area contributed by atoms with Crippen LogP contribution in [0.5, 0.6) is 0 Å². The SMILES string of the molecule is O=S(=O)([O-])CCN(O)CCS(=O)(=O)O.[Na+]. The number of hydrogen-bond donors (Lipinski definition) is 2. The molecular weight excluding hydrogens is 261 g/mol. The molecule has 0 aromatic heterocycles. The fraction of sp³-hybridized carbons (Fsp3) is 1.00. The molecule has 0 aromatic carbocycles. The molecule has 0 spiro atoms. The monoisotopic (exact) mass is 271 g/mol. The van der Waals surface area contributed by atoms with Gasteiger partial charge in [-0.15, -0.1) is 0 Å². The third-order valence-electron chi connectivity index (χ3n) is 1.21. The molecule has 0 unspecified atom stereocenters. The van der Waals surface area contributed by atoms with E-state index < -0.39 is 44.8 Å². The first kappa shape index (κ1) is 18.1. The van der Waals surface area contributed by atoms with Gasteiger partial charge in [0.05, 0.1) is 21.6 Å². The van der Waals surface area contributed by atoms with Gasteiger partial charge in [-0.25, -0.2) is 8.42 Å². The first-order chi connectivity index (χ1) is 6.10. The maximum absolute atomic E-state index is 10.2. The normalized spacial score (nSPS) is 12.5. The van der Waals surface area contributed by atoms with E-state index in [0.29, 0.717) is 5.06 Å². The standard InChI is InChI=1S/C4H11NO7S2.Na/c6-5(1-3-13(7,8)9)2-4-14(10,11)12;/h6H,1-4H2,(H,7,8,9)(H,10,11,12);/q;+1/p-1. The van der Waals surface area contributed by atoms with Gasteiger partial charge in [-0.05, 0) is 0 Å². The second-order valence-electron chi connectivity index (χ2n) is 2.50. The van der Waals surface area contributed by atoms with Crippen molar-refractivity contribution in [1.82, 2.24) is 5.06 Å². The molecule has 2 N–H and O–H groups in total. The van der Waals surface area contributed by atoms with Gasteiger partial charge in [0, 0.05) is 13.1 Å². The van der Waals surface area contributed by atoms with Crippen LogP contribution in [0.3, 0.4) is 0 Å². The predicted molar refractivity (Wildman–Crippen MR) is 44.3 cm³/mol. The van der Waals surface area contributed by atoms with E-state index in [0.717, 1.165) is 0 Å². The second kappa shape index (κ2) is 7.14. The number of nitrogens with zero attached hydrogens (tertiary/aromatic N) is 1. The summed E-state index contributed by atoms with van der Waals surface area (Å²) in [7, 11) is -8.64. The Morgan fingerprint density at radius 3 is 1.80 bits per heavy atom. The zero-order chi connectivity index (χ0) is 11.4. The van der Waals surface area contributed by atoms with E-state index in [1.807, 2.05) is 0 Å². The van der Waals surface area contributed by atoms with Crippen LogP contribution in [0.1, 0.15) is 0 Å².